The highest BCUT2D eigenvalue weighted by Crippen LogP contribution is 2.18. The van der Waals surface area contributed by atoms with Crippen LogP contribution in [0.2, 0.25) is 5.02 Å². The Morgan fingerprint density at radius 3 is 2.19 bits per heavy atom. The molecule has 0 aliphatic rings. The summed E-state index contributed by atoms with van der Waals surface area (Å²) in [6.45, 7) is 0. The molecule has 0 saturated heterocycles. The van der Waals surface area contributed by atoms with Gasteiger partial charge >= 0.3 is 0 Å². The quantitative estimate of drug-likeness (QED) is 0.851. The third kappa shape index (κ3) is 2.84. The van der Waals surface area contributed by atoms with Crippen molar-refractivity contribution in [2.75, 3.05) is 0 Å². The van der Waals surface area contributed by atoms with Crippen molar-refractivity contribution in [1.82, 2.24) is 0 Å². The molecule has 1 nitrogen and oxygen atoms in total. The van der Waals surface area contributed by atoms with Crippen LogP contribution in [0.3, 0.4) is 0 Å². The zero-order chi connectivity index (χ0) is 11.4. The van der Waals surface area contributed by atoms with Crippen molar-refractivity contribution >= 4 is 11.6 Å². The van der Waals surface area contributed by atoms with E-state index in [1.807, 2.05) is 54.6 Å². The standard InChI is InChI=1S/C14H12ClO/c15-13-8-6-11(7-9-13)10-14(16)12-4-2-1-3-5-12/h1-9,16H,10H2. The van der Waals surface area contributed by atoms with Gasteiger partial charge in [-0.2, -0.15) is 0 Å². The molecule has 0 aromatic heterocycles. The van der Waals surface area contributed by atoms with E-state index in [-0.39, 0.29) is 0 Å². The fourth-order valence-electron chi connectivity index (χ4n) is 1.53. The van der Waals surface area contributed by atoms with Crippen LogP contribution in [0.15, 0.2) is 54.6 Å². The van der Waals surface area contributed by atoms with Crippen LogP contribution in [0.4, 0.5) is 0 Å². The molecule has 2 aromatic carbocycles. The summed E-state index contributed by atoms with van der Waals surface area (Å²) in [5.41, 5.74) is 1.91. The third-order valence-electron chi connectivity index (χ3n) is 2.39. The van der Waals surface area contributed by atoms with Gasteiger partial charge < -0.3 is 5.11 Å². The molecule has 0 aliphatic carbocycles. The largest absolute Gasteiger partial charge is 0.381 e. The van der Waals surface area contributed by atoms with Gasteiger partial charge in [0.05, 0.1) is 0 Å². The van der Waals surface area contributed by atoms with Crippen LogP contribution in [0.5, 0.6) is 0 Å². The first kappa shape index (κ1) is 11.2. The Morgan fingerprint density at radius 2 is 1.56 bits per heavy atom. The minimum atomic E-state index is 0.378. The monoisotopic (exact) mass is 231 g/mol. The van der Waals surface area contributed by atoms with E-state index in [9.17, 15) is 5.11 Å². The van der Waals surface area contributed by atoms with Crippen LogP contribution in [-0.4, -0.2) is 5.11 Å². The lowest BCUT2D eigenvalue weighted by molar-refractivity contribution is 0.323. The van der Waals surface area contributed by atoms with Crippen LogP contribution in [-0.2, 0) is 6.42 Å². The minimum absolute atomic E-state index is 0.378. The molecule has 0 amide bonds. The first-order valence-corrected chi connectivity index (χ1v) is 5.48. The summed E-state index contributed by atoms with van der Waals surface area (Å²) in [4.78, 5) is 0. The molecule has 2 rings (SSSR count). The van der Waals surface area contributed by atoms with Gasteiger partial charge in [-0.1, -0.05) is 54.1 Å². The zero-order valence-electron chi connectivity index (χ0n) is 8.73. The van der Waals surface area contributed by atoms with Gasteiger partial charge in [-0.05, 0) is 23.3 Å². The van der Waals surface area contributed by atoms with E-state index in [0.717, 1.165) is 11.1 Å². The molecule has 0 saturated carbocycles. The second-order valence-electron chi connectivity index (χ2n) is 3.62. The van der Waals surface area contributed by atoms with Crippen LogP contribution >= 0.6 is 11.6 Å². The Hall–Kier alpha value is -1.31. The Balaban J connectivity index is 2.08. The number of hydrogen-bond acceptors (Lipinski definition) is 1. The van der Waals surface area contributed by atoms with Gasteiger partial charge in [-0.25, -0.2) is 0 Å². The third-order valence-corrected chi connectivity index (χ3v) is 2.64. The van der Waals surface area contributed by atoms with Gasteiger partial charge in [0.2, 0.25) is 0 Å². The fourth-order valence-corrected chi connectivity index (χ4v) is 1.65. The maximum atomic E-state index is 9.93. The molecule has 81 valence electrons. The fraction of sp³-hybridized carbons (Fsp3) is 0.0714. The van der Waals surface area contributed by atoms with Crippen LogP contribution in [0, 0.1) is 6.10 Å². The normalized spacial score (nSPS) is 10.7. The van der Waals surface area contributed by atoms with E-state index in [1.54, 1.807) is 0 Å². The van der Waals surface area contributed by atoms with Gasteiger partial charge in [0.15, 0.2) is 0 Å². The lowest BCUT2D eigenvalue weighted by atomic mass is 10.0. The summed E-state index contributed by atoms with van der Waals surface area (Å²) in [5, 5.41) is 10.6. The zero-order valence-corrected chi connectivity index (χ0v) is 9.48. The second-order valence-corrected chi connectivity index (χ2v) is 4.05. The van der Waals surface area contributed by atoms with Gasteiger partial charge in [-0.15, -0.1) is 0 Å². The SMILES string of the molecule is O[C](Cc1ccc(Cl)cc1)c1ccccc1. The summed E-state index contributed by atoms with van der Waals surface area (Å²) in [6, 6.07) is 17.0. The lowest BCUT2D eigenvalue weighted by Crippen LogP contribution is -2.02. The predicted octanol–water partition coefficient (Wildman–Crippen LogP) is 3.84. The Morgan fingerprint density at radius 1 is 0.938 bits per heavy atom. The summed E-state index contributed by atoms with van der Waals surface area (Å²) >= 11 is 5.80. The molecule has 0 bridgehead atoms. The van der Waals surface area contributed by atoms with Crippen molar-refractivity contribution in [2.24, 2.45) is 0 Å². The molecule has 0 heterocycles. The number of aliphatic hydroxyl groups excluding tert-OH is 1. The summed E-state index contributed by atoms with van der Waals surface area (Å²) in [6.07, 6.45) is 0.907. The van der Waals surface area contributed by atoms with Gasteiger partial charge in [0.1, 0.15) is 6.10 Å². The molecule has 0 fully saturated rings. The predicted molar refractivity (Wildman–Crippen MR) is 65.9 cm³/mol. The average Bonchev–Trinajstić information content (AvgIpc) is 2.33. The minimum Gasteiger partial charge on any atom is -0.381 e. The van der Waals surface area contributed by atoms with Gasteiger partial charge in [-0.3, -0.25) is 0 Å². The Bertz CT molecular complexity index is 436. The van der Waals surface area contributed by atoms with E-state index in [0.29, 0.717) is 17.5 Å². The topological polar surface area (TPSA) is 20.2 Å². The second kappa shape index (κ2) is 5.15. The van der Waals surface area contributed by atoms with Crippen LogP contribution < -0.4 is 0 Å². The molecule has 2 aromatic rings. The van der Waals surface area contributed by atoms with Crippen molar-refractivity contribution in [3.05, 3.63) is 76.9 Å². The molecule has 0 atom stereocenters. The molecule has 1 N–H and O–H groups in total. The van der Waals surface area contributed by atoms with Crippen molar-refractivity contribution in [3.8, 4) is 0 Å². The summed E-state index contributed by atoms with van der Waals surface area (Å²) in [5.74, 6) is 0. The lowest BCUT2D eigenvalue weighted by Gasteiger charge is -2.09. The molecule has 2 heteroatoms. The molecule has 1 radical (unpaired) electrons. The highest BCUT2D eigenvalue weighted by atomic mass is 35.5. The highest BCUT2D eigenvalue weighted by molar-refractivity contribution is 6.30. The maximum absolute atomic E-state index is 9.93. The summed E-state index contributed by atoms with van der Waals surface area (Å²) < 4.78 is 0. The molecular weight excluding hydrogens is 220 g/mol. The molecule has 16 heavy (non-hydrogen) atoms. The number of hydrogen-bond donors (Lipinski definition) is 1. The molecule has 0 unspecified atom stereocenters. The van der Waals surface area contributed by atoms with Crippen molar-refractivity contribution in [1.29, 1.82) is 0 Å². The van der Waals surface area contributed by atoms with Gasteiger partial charge in [0, 0.05) is 11.4 Å². The Kier molecular flexibility index (Phi) is 3.60. The first-order chi connectivity index (χ1) is 7.75. The van der Waals surface area contributed by atoms with E-state index in [2.05, 4.69) is 0 Å². The van der Waals surface area contributed by atoms with Crippen molar-refractivity contribution < 1.29 is 5.11 Å². The van der Waals surface area contributed by atoms with E-state index < -0.39 is 0 Å². The van der Waals surface area contributed by atoms with Crippen LogP contribution in [0.25, 0.3) is 0 Å². The van der Waals surface area contributed by atoms with Crippen LogP contribution in [0.1, 0.15) is 11.1 Å². The smallest absolute Gasteiger partial charge is 0.127 e. The van der Waals surface area contributed by atoms with E-state index >= 15 is 0 Å². The number of halogens is 1. The summed E-state index contributed by atoms with van der Waals surface area (Å²) in [7, 11) is 0. The van der Waals surface area contributed by atoms with Crippen molar-refractivity contribution in [3.63, 3.8) is 0 Å². The molecule has 0 aliphatic heterocycles. The average molecular weight is 232 g/mol. The first-order valence-electron chi connectivity index (χ1n) is 5.10. The number of aliphatic hydroxyl groups is 1. The van der Waals surface area contributed by atoms with E-state index in [1.165, 1.54) is 0 Å². The molecule has 0 spiro atoms. The number of rotatable bonds is 3. The highest BCUT2D eigenvalue weighted by Gasteiger charge is 2.08. The maximum Gasteiger partial charge on any atom is 0.127 e. The number of benzene rings is 2. The van der Waals surface area contributed by atoms with Crippen molar-refractivity contribution in [2.45, 2.75) is 6.42 Å². The Labute approximate surface area is 100 Å². The van der Waals surface area contributed by atoms with E-state index in [4.69, 9.17) is 11.6 Å². The molecular formula is C14H12ClO. The van der Waals surface area contributed by atoms with Gasteiger partial charge in [0.25, 0.3) is 0 Å².